The molecule has 3 aromatic rings. The van der Waals surface area contributed by atoms with E-state index in [1.807, 2.05) is 0 Å². The molecule has 0 saturated heterocycles. The minimum absolute atomic E-state index is 0.00218. The van der Waals surface area contributed by atoms with Crippen molar-refractivity contribution < 1.29 is 23.0 Å². The van der Waals surface area contributed by atoms with E-state index in [4.69, 9.17) is 9.47 Å². The molecule has 0 bridgehead atoms. The van der Waals surface area contributed by atoms with Gasteiger partial charge in [-0.1, -0.05) is 30.4 Å². The Balaban J connectivity index is 1.83. The number of allylic oxidation sites excluding steroid dienone is 3. The molecule has 0 spiro atoms. The number of pyridine rings is 1. The average Bonchev–Trinajstić information content (AvgIpc) is 2.99. The first kappa shape index (κ1) is 30.3. The number of aromatic nitrogens is 3. The van der Waals surface area contributed by atoms with Crippen LogP contribution in [0, 0.1) is 22.7 Å². The molecule has 1 aliphatic carbocycles. The molecule has 0 radical (unpaired) electrons. The number of benzene rings is 1. The zero-order valence-corrected chi connectivity index (χ0v) is 24.1. The van der Waals surface area contributed by atoms with Crippen molar-refractivity contribution in [2.45, 2.75) is 49.2 Å². The second-order valence-corrected chi connectivity index (χ2v) is 11.9. The maximum atomic E-state index is 13.9. The molecule has 1 N–H and O–H groups in total. The second kappa shape index (κ2) is 12.9. The van der Waals surface area contributed by atoms with Gasteiger partial charge in [0.15, 0.2) is 14.7 Å². The van der Waals surface area contributed by atoms with Crippen LogP contribution >= 0.6 is 0 Å². The highest BCUT2D eigenvalue weighted by molar-refractivity contribution is 7.92. The van der Waals surface area contributed by atoms with E-state index >= 15 is 0 Å². The van der Waals surface area contributed by atoms with E-state index < -0.39 is 37.5 Å². The normalized spacial score (nSPS) is 15.6. The maximum Gasteiger partial charge on any atom is 0.295 e. The van der Waals surface area contributed by atoms with E-state index in [-0.39, 0.29) is 31.6 Å². The molecule has 0 fully saturated rings. The first-order valence-corrected chi connectivity index (χ1v) is 14.6. The fourth-order valence-corrected chi connectivity index (χ4v) is 6.26. The molecule has 0 aliphatic heterocycles. The van der Waals surface area contributed by atoms with Crippen LogP contribution in [0.4, 0.5) is 0 Å². The molecule has 4 rings (SSSR count). The molecule has 2 heterocycles. The van der Waals surface area contributed by atoms with Gasteiger partial charge in [0.2, 0.25) is 5.88 Å². The van der Waals surface area contributed by atoms with Gasteiger partial charge in [0, 0.05) is 25.1 Å². The van der Waals surface area contributed by atoms with Crippen molar-refractivity contribution in [1.29, 1.82) is 10.5 Å². The minimum atomic E-state index is -4.45. The van der Waals surface area contributed by atoms with Gasteiger partial charge in [-0.3, -0.25) is 14.3 Å². The summed E-state index contributed by atoms with van der Waals surface area (Å²) in [6.07, 6.45) is 7.35. The Labute approximate surface area is 243 Å². The van der Waals surface area contributed by atoms with E-state index in [0.717, 1.165) is 0 Å². The lowest BCUT2D eigenvalue weighted by Gasteiger charge is -2.26. The van der Waals surface area contributed by atoms with E-state index in [1.165, 1.54) is 30.1 Å². The lowest BCUT2D eigenvalue weighted by atomic mass is 9.97. The van der Waals surface area contributed by atoms with Gasteiger partial charge in [-0.05, 0) is 49.6 Å². The standard InChI is InChI=1S/C30H29N5O6S/c1-19(2)41-18-27-34-29(36)28(30(37)35(27)26(17-40-3)22-6-4-5-20(13-22)14-31)42(38,39)24-9-7-21(8-10-24)25-11-12-33-16-23(25)15-32/h4-9,11-13,16,19,24,26,37H,10,17-18H2,1-3H3/t24?,26-/m0/s1. The van der Waals surface area contributed by atoms with Crippen molar-refractivity contribution >= 4 is 15.4 Å². The summed E-state index contributed by atoms with van der Waals surface area (Å²) < 4.78 is 40.1. The van der Waals surface area contributed by atoms with Crippen LogP contribution in [-0.2, 0) is 25.9 Å². The Kier molecular flexibility index (Phi) is 9.33. The Hall–Kier alpha value is -4.62. The van der Waals surface area contributed by atoms with Crippen molar-refractivity contribution in [1.82, 2.24) is 14.5 Å². The van der Waals surface area contributed by atoms with Crippen LogP contribution in [0.25, 0.3) is 5.57 Å². The molecule has 216 valence electrons. The summed E-state index contributed by atoms with van der Waals surface area (Å²) in [6, 6.07) is 11.5. The third-order valence-electron chi connectivity index (χ3n) is 6.71. The molecule has 1 aromatic carbocycles. The molecule has 0 saturated carbocycles. The summed E-state index contributed by atoms with van der Waals surface area (Å²) in [5.74, 6) is -0.802. The lowest BCUT2D eigenvalue weighted by Crippen LogP contribution is -2.32. The monoisotopic (exact) mass is 587 g/mol. The SMILES string of the molecule is COC[C@@H](c1cccc(C#N)c1)n1c(COC(C)C)nc(=O)c(S(=O)(=O)C2C=CC(c3ccncc3C#N)=CC2)c1O. The number of nitrogens with zero attached hydrogens (tertiary/aromatic N) is 5. The van der Waals surface area contributed by atoms with Gasteiger partial charge >= 0.3 is 0 Å². The Morgan fingerprint density at radius 1 is 1.21 bits per heavy atom. The third-order valence-corrected chi connectivity index (χ3v) is 8.79. The number of hydrogen-bond donors (Lipinski definition) is 1. The van der Waals surface area contributed by atoms with E-state index in [1.54, 1.807) is 56.3 Å². The first-order valence-electron chi connectivity index (χ1n) is 13.0. The van der Waals surface area contributed by atoms with Crippen molar-refractivity contribution in [3.05, 3.63) is 99.4 Å². The van der Waals surface area contributed by atoms with Crippen molar-refractivity contribution in [2.24, 2.45) is 0 Å². The topological polar surface area (TPSA) is 168 Å². The molecule has 2 atom stereocenters. The molecule has 1 unspecified atom stereocenters. The van der Waals surface area contributed by atoms with Crippen LogP contribution < -0.4 is 5.56 Å². The average molecular weight is 588 g/mol. The van der Waals surface area contributed by atoms with Gasteiger partial charge in [-0.25, -0.2) is 8.42 Å². The van der Waals surface area contributed by atoms with E-state index in [9.17, 15) is 28.8 Å². The molecule has 1 aliphatic rings. The molecule has 42 heavy (non-hydrogen) atoms. The van der Waals surface area contributed by atoms with Gasteiger partial charge in [0.25, 0.3) is 5.56 Å². The van der Waals surface area contributed by atoms with Crippen molar-refractivity contribution in [3.63, 3.8) is 0 Å². The summed E-state index contributed by atoms with van der Waals surface area (Å²) in [6.45, 7) is 3.34. The summed E-state index contributed by atoms with van der Waals surface area (Å²) in [4.78, 5) is 20.4. The maximum absolute atomic E-state index is 13.9. The Bertz CT molecular complexity index is 1800. The smallest absolute Gasteiger partial charge is 0.295 e. The number of ether oxygens (including phenoxy) is 2. The number of sulfone groups is 1. The molecule has 11 nitrogen and oxygen atoms in total. The van der Waals surface area contributed by atoms with Crippen LogP contribution in [0.1, 0.15) is 54.4 Å². The number of hydrogen-bond acceptors (Lipinski definition) is 10. The van der Waals surface area contributed by atoms with E-state index in [2.05, 4.69) is 22.1 Å². The Morgan fingerprint density at radius 3 is 2.64 bits per heavy atom. The second-order valence-electron chi connectivity index (χ2n) is 9.79. The fourth-order valence-electron chi connectivity index (χ4n) is 4.68. The predicted octanol–water partition coefficient (Wildman–Crippen LogP) is 3.43. The van der Waals surface area contributed by atoms with Gasteiger partial charge in [0.1, 0.15) is 18.5 Å². The summed E-state index contributed by atoms with van der Waals surface area (Å²) in [5.41, 5.74) is 1.34. The molecule has 2 aromatic heterocycles. The molecule has 12 heteroatoms. The van der Waals surface area contributed by atoms with Crippen molar-refractivity contribution in [3.8, 4) is 18.0 Å². The zero-order valence-electron chi connectivity index (χ0n) is 23.3. The highest BCUT2D eigenvalue weighted by Gasteiger charge is 2.36. The fraction of sp³-hybridized carbons (Fsp3) is 0.300. The molecular weight excluding hydrogens is 558 g/mol. The number of nitriles is 2. The Morgan fingerprint density at radius 2 is 2.00 bits per heavy atom. The molecule has 0 amide bonds. The summed E-state index contributed by atoms with van der Waals surface area (Å²) in [7, 11) is -3.01. The van der Waals surface area contributed by atoms with Crippen LogP contribution in [0.15, 0.2) is 70.6 Å². The van der Waals surface area contributed by atoms with Crippen LogP contribution in [-0.4, -0.2) is 53.1 Å². The molecular formula is C30H29N5O6S. The predicted molar refractivity (Wildman–Crippen MR) is 153 cm³/mol. The van der Waals surface area contributed by atoms with Crippen LogP contribution in [0.3, 0.4) is 0 Å². The van der Waals surface area contributed by atoms with Crippen molar-refractivity contribution in [2.75, 3.05) is 13.7 Å². The largest absolute Gasteiger partial charge is 0.493 e. The first-order chi connectivity index (χ1) is 20.1. The van der Waals surface area contributed by atoms with Crippen LogP contribution in [0.2, 0.25) is 0 Å². The quantitative estimate of drug-likeness (QED) is 0.371. The number of aromatic hydroxyl groups is 1. The van der Waals surface area contributed by atoms with Gasteiger partial charge < -0.3 is 14.6 Å². The van der Waals surface area contributed by atoms with Crippen LogP contribution in [0.5, 0.6) is 5.88 Å². The highest BCUT2D eigenvalue weighted by Crippen LogP contribution is 2.34. The number of methoxy groups -OCH3 is 1. The lowest BCUT2D eigenvalue weighted by molar-refractivity contribution is 0.0554. The summed E-state index contributed by atoms with van der Waals surface area (Å²) in [5, 5.41) is 29.2. The minimum Gasteiger partial charge on any atom is -0.493 e. The van der Waals surface area contributed by atoms with Gasteiger partial charge in [-0.15, -0.1) is 0 Å². The van der Waals surface area contributed by atoms with Gasteiger partial charge in [0.05, 0.1) is 41.2 Å². The highest BCUT2D eigenvalue weighted by atomic mass is 32.2. The number of rotatable bonds is 10. The zero-order chi connectivity index (χ0) is 30.4. The third kappa shape index (κ3) is 6.16. The van der Waals surface area contributed by atoms with Gasteiger partial charge in [-0.2, -0.15) is 15.5 Å². The van der Waals surface area contributed by atoms with E-state index in [0.29, 0.717) is 27.8 Å². The summed E-state index contributed by atoms with van der Waals surface area (Å²) >= 11 is 0.